The number of rotatable bonds is 6. The van der Waals surface area contributed by atoms with E-state index in [4.69, 9.17) is 0 Å². The standard InChI is InChI=1S/C25H27N3O2/c1-3-5-24(29)18-6-4-7-19(14-18)25(30)27-20-8-9-23-21(15-20)22(16-26-23)17-10-12-28(2)13-11-17/h4,6-10,14-16,26H,3,5,11-13H2,1-2H3,(H,27,30). The van der Waals surface area contributed by atoms with Crippen LogP contribution in [0.2, 0.25) is 0 Å². The lowest BCUT2D eigenvalue weighted by Gasteiger charge is -2.21. The number of H-pyrrole nitrogens is 1. The van der Waals surface area contributed by atoms with Crippen LogP contribution in [-0.2, 0) is 0 Å². The molecule has 1 aliphatic rings. The van der Waals surface area contributed by atoms with Crippen LogP contribution in [0, 0.1) is 0 Å². The number of carbonyl (C=O) groups is 2. The second-order valence-corrected chi connectivity index (χ2v) is 7.91. The van der Waals surface area contributed by atoms with Crippen LogP contribution in [0.25, 0.3) is 16.5 Å². The zero-order chi connectivity index (χ0) is 21.1. The van der Waals surface area contributed by atoms with E-state index < -0.39 is 0 Å². The second kappa shape index (κ2) is 8.67. The Kier molecular flexibility index (Phi) is 5.81. The highest BCUT2D eigenvalue weighted by atomic mass is 16.1. The van der Waals surface area contributed by atoms with E-state index in [1.165, 1.54) is 11.1 Å². The first-order valence-electron chi connectivity index (χ1n) is 10.5. The fourth-order valence-electron chi connectivity index (χ4n) is 3.89. The molecule has 1 amide bonds. The van der Waals surface area contributed by atoms with Gasteiger partial charge in [-0.15, -0.1) is 0 Å². The highest BCUT2D eigenvalue weighted by Gasteiger charge is 2.15. The molecule has 0 aliphatic carbocycles. The predicted molar refractivity (Wildman–Crippen MR) is 122 cm³/mol. The predicted octanol–water partition coefficient (Wildman–Crippen LogP) is 5.12. The molecular formula is C25H27N3O2. The van der Waals surface area contributed by atoms with E-state index in [1.54, 1.807) is 24.3 Å². The lowest BCUT2D eigenvalue weighted by atomic mass is 9.99. The summed E-state index contributed by atoms with van der Waals surface area (Å²) in [6, 6.07) is 12.9. The number of nitrogens with one attached hydrogen (secondary N) is 2. The number of ketones is 1. The molecule has 0 atom stereocenters. The summed E-state index contributed by atoms with van der Waals surface area (Å²) in [5.74, 6) is -0.145. The third-order valence-electron chi connectivity index (χ3n) is 5.62. The molecule has 2 aromatic carbocycles. The van der Waals surface area contributed by atoms with Gasteiger partial charge in [-0.2, -0.15) is 0 Å². The van der Waals surface area contributed by atoms with Crippen LogP contribution in [0.5, 0.6) is 0 Å². The molecule has 0 fully saturated rings. The van der Waals surface area contributed by atoms with Crippen molar-refractivity contribution in [3.05, 3.63) is 71.4 Å². The highest BCUT2D eigenvalue weighted by molar-refractivity contribution is 6.07. The van der Waals surface area contributed by atoms with Crippen molar-refractivity contribution in [2.45, 2.75) is 26.2 Å². The molecule has 5 nitrogen and oxygen atoms in total. The van der Waals surface area contributed by atoms with E-state index in [0.717, 1.165) is 42.5 Å². The lowest BCUT2D eigenvalue weighted by molar-refractivity contribution is 0.0981. The topological polar surface area (TPSA) is 65.2 Å². The van der Waals surface area contributed by atoms with Crippen LogP contribution < -0.4 is 5.32 Å². The first-order valence-corrected chi connectivity index (χ1v) is 10.5. The Morgan fingerprint density at radius 2 is 1.97 bits per heavy atom. The summed E-state index contributed by atoms with van der Waals surface area (Å²) in [7, 11) is 2.13. The Morgan fingerprint density at radius 3 is 2.73 bits per heavy atom. The summed E-state index contributed by atoms with van der Waals surface area (Å²) >= 11 is 0. The summed E-state index contributed by atoms with van der Waals surface area (Å²) in [6.07, 6.45) is 6.62. The van der Waals surface area contributed by atoms with Crippen molar-refractivity contribution in [1.29, 1.82) is 0 Å². The fraction of sp³-hybridized carbons (Fsp3) is 0.280. The first kappa shape index (κ1) is 20.1. The van der Waals surface area contributed by atoms with Crippen molar-refractivity contribution >= 4 is 33.9 Å². The number of hydrogen-bond donors (Lipinski definition) is 2. The van der Waals surface area contributed by atoms with Crippen LogP contribution in [0.4, 0.5) is 5.69 Å². The summed E-state index contributed by atoms with van der Waals surface area (Å²) in [4.78, 5) is 30.6. The SMILES string of the molecule is CCCC(=O)c1cccc(C(=O)Nc2ccc3[nH]cc(C4=CCN(C)CC4)c3c2)c1. The quantitative estimate of drug-likeness (QED) is 0.563. The maximum atomic E-state index is 12.8. The number of likely N-dealkylation sites (N-methyl/N-ethyl adjacent to an activating group) is 1. The molecule has 2 N–H and O–H groups in total. The zero-order valence-corrected chi connectivity index (χ0v) is 17.5. The van der Waals surface area contributed by atoms with Gasteiger partial charge in [-0.1, -0.05) is 25.1 Å². The molecule has 0 unspecified atom stereocenters. The van der Waals surface area contributed by atoms with Crippen LogP contribution in [0.1, 0.15) is 52.5 Å². The molecule has 0 bridgehead atoms. The molecule has 1 aromatic heterocycles. The van der Waals surface area contributed by atoms with Gasteiger partial charge in [0.05, 0.1) is 0 Å². The minimum atomic E-state index is -0.212. The third kappa shape index (κ3) is 4.21. The number of carbonyl (C=O) groups excluding carboxylic acids is 2. The largest absolute Gasteiger partial charge is 0.361 e. The van der Waals surface area contributed by atoms with Gasteiger partial charge in [0.15, 0.2) is 5.78 Å². The molecular weight excluding hydrogens is 374 g/mol. The number of amides is 1. The summed E-state index contributed by atoms with van der Waals surface area (Å²) in [5, 5.41) is 4.09. The van der Waals surface area contributed by atoms with E-state index in [-0.39, 0.29) is 11.7 Å². The van der Waals surface area contributed by atoms with Crippen molar-refractivity contribution in [1.82, 2.24) is 9.88 Å². The Morgan fingerprint density at radius 1 is 1.13 bits per heavy atom. The van der Waals surface area contributed by atoms with Crippen LogP contribution >= 0.6 is 0 Å². The van der Waals surface area contributed by atoms with Gasteiger partial charge in [-0.05, 0) is 55.8 Å². The van der Waals surface area contributed by atoms with Crippen molar-refractivity contribution in [3.8, 4) is 0 Å². The zero-order valence-electron chi connectivity index (χ0n) is 17.5. The lowest BCUT2D eigenvalue weighted by Crippen LogP contribution is -2.23. The maximum absolute atomic E-state index is 12.8. The van der Waals surface area contributed by atoms with Crippen LogP contribution in [0.3, 0.4) is 0 Å². The molecule has 1 aliphatic heterocycles. The number of hydrogen-bond acceptors (Lipinski definition) is 3. The third-order valence-corrected chi connectivity index (χ3v) is 5.62. The molecule has 0 saturated heterocycles. The highest BCUT2D eigenvalue weighted by Crippen LogP contribution is 2.31. The van der Waals surface area contributed by atoms with Gasteiger partial charge < -0.3 is 15.2 Å². The van der Waals surface area contributed by atoms with Crippen molar-refractivity contribution in [3.63, 3.8) is 0 Å². The molecule has 0 radical (unpaired) electrons. The molecule has 30 heavy (non-hydrogen) atoms. The number of aromatic nitrogens is 1. The smallest absolute Gasteiger partial charge is 0.255 e. The summed E-state index contributed by atoms with van der Waals surface area (Å²) in [6.45, 7) is 3.97. The summed E-state index contributed by atoms with van der Waals surface area (Å²) < 4.78 is 0. The average Bonchev–Trinajstić information content (AvgIpc) is 3.18. The maximum Gasteiger partial charge on any atom is 0.255 e. The van der Waals surface area contributed by atoms with Gasteiger partial charge >= 0.3 is 0 Å². The number of anilines is 1. The molecule has 3 aromatic rings. The molecule has 4 rings (SSSR count). The van der Waals surface area contributed by atoms with E-state index in [9.17, 15) is 9.59 Å². The van der Waals surface area contributed by atoms with E-state index in [0.29, 0.717) is 17.5 Å². The van der Waals surface area contributed by atoms with Gasteiger partial charge in [0.25, 0.3) is 5.91 Å². The fourth-order valence-corrected chi connectivity index (χ4v) is 3.89. The van der Waals surface area contributed by atoms with E-state index >= 15 is 0 Å². The van der Waals surface area contributed by atoms with E-state index in [1.807, 2.05) is 25.1 Å². The van der Waals surface area contributed by atoms with Crippen molar-refractivity contribution < 1.29 is 9.59 Å². The minimum absolute atomic E-state index is 0.0666. The van der Waals surface area contributed by atoms with Gasteiger partial charge in [0, 0.05) is 59.0 Å². The second-order valence-electron chi connectivity index (χ2n) is 7.91. The first-order chi connectivity index (χ1) is 14.5. The van der Waals surface area contributed by atoms with Crippen LogP contribution in [-0.4, -0.2) is 41.7 Å². The Bertz CT molecular complexity index is 1130. The minimum Gasteiger partial charge on any atom is -0.361 e. The van der Waals surface area contributed by atoms with Gasteiger partial charge in [-0.3, -0.25) is 9.59 Å². The molecule has 0 saturated carbocycles. The molecule has 5 heteroatoms. The number of nitrogens with zero attached hydrogens (tertiary/aromatic N) is 1. The number of benzene rings is 2. The molecule has 0 spiro atoms. The van der Waals surface area contributed by atoms with Gasteiger partial charge in [0.1, 0.15) is 0 Å². The monoisotopic (exact) mass is 401 g/mol. The Labute approximate surface area is 176 Å². The van der Waals surface area contributed by atoms with Crippen LogP contribution in [0.15, 0.2) is 54.7 Å². The average molecular weight is 402 g/mol. The van der Waals surface area contributed by atoms with Gasteiger partial charge in [-0.25, -0.2) is 0 Å². The Balaban J connectivity index is 1.57. The number of aromatic amines is 1. The van der Waals surface area contributed by atoms with Gasteiger partial charge in [0.2, 0.25) is 0 Å². The molecule has 2 heterocycles. The summed E-state index contributed by atoms with van der Waals surface area (Å²) in [5.41, 5.74) is 5.40. The number of Topliss-reactive ketones (excluding diaryl/α,β-unsaturated/α-hetero) is 1. The molecule has 154 valence electrons. The van der Waals surface area contributed by atoms with Crippen molar-refractivity contribution in [2.75, 3.05) is 25.5 Å². The van der Waals surface area contributed by atoms with Crippen molar-refractivity contribution in [2.24, 2.45) is 0 Å². The Hall–Kier alpha value is -3.18. The normalized spacial score (nSPS) is 14.5. The van der Waals surface area contributed by atoms with E-state index in [2.05, 4.69) is 34.5 Å². The number of fused-ring (bicyclic) bond motifs is 1.